The predicted octanol–water partition coefficient (Wildman–Crippen LogP) is 0.0559. The topological polar surface area (TPSA) is 91.3 Å². The van der Waals surface area contributed by atoms with Crippen molar-refractivity contribution in [1.29, 1.82) is 0 Å². The molecule has 2 rings (SSSR count). The van der Waals surface area contributed by atoms with Gasteiger partial charge in [-0.2, -0.15) is 15.4 Å². The standard InChI is InChI=1S/C12H20N4O3/c1-19-6-4-12(9-17)3-2-5-16(8-12)11(18)10-7-13-15-14-10/h7,17H,2-6,8-9H2,1H3,(H,13,14,15)/t12-/m0/s1. The molecule has 0 unspecified atom stereocenters. The van der Waals surface area contributed by atoms with Crippen molar-refractivity contribution in [2.24, 2.45) is 5.41 Å². The number of carbonyl (C=O) groups excluding carboxylic acids is 1. The Morgan fingerprint density at radius 1 is 1.68 bits per heavy atom. The molecular weight excluding hydrogens is 248 g/mol. The van der Waals surface area contributed by atoms with E-state index in [1.807, 2.05) is 0 Å². The molecule has 0 bridgehead atoms. The summed E-state index contributed by atoms with van der Waals surface area (Å²) in [6.07, 6.45) is 3.97. The van der Waals surface area contributed by atoms with Crippen LogP contribution < -0.4 is 0 Å². The normalized spacial score (nSPS) is 23.6. The Morgan fingerprint density at radius 2 is 2.53 bits per heavy atom. The molecule has 1 aliphatic rings. The molecule has 0 saturated carbocycles. The molecule has 2 heterocycles. The fraction of sp³-hybridized carbons (Fsp3) is 0.750. The molecular formula is C12H20N4O3. The van der Waals surface area contributed by atoms with Crippen molar-refractivity contribution < 1.29 is 14.6 Å². The van der Waals surface area contributed by atoms with E-state index >= 15 is 0 Å². The van der Waals surface area contributed by atoms with Crippen molar-refractivity contribution in [1.82, 2.24) is 20.3 Å². The number of aromatic nitrogens is 3. The summed E-state index contributed by atoms with van der Waals surface area (Å²) in [5.41, 5.74) is 0.0636. The summed E-state index contributed by atoms with van der Waals surface area (Å²) in [6.45, 7) is 1.89. The second-order valence-electron chi connectivity index (χ2n) is 5.09. The number of hydrogen-bond acceptors (Lipinski definition) is 5. The molecule has 19 heavy (non-hydrogen) atoms. The summed E-state index contributed by atoms with van der Waals surface area (Å²) < 4.78 is 5.10. The average molecular weight is 268 g/mol. The van der Waals surface area contributed by atoms with Gasteiger partial charge in [0.15, 0.2) is 5.69 Å². The summed E-state index contributed by atoms with van der Waals surface area (Å²) in [4.78, 5) is 14.0. The number of methoxy groups -OCH3 is 1. The Bertz CT molecular complexity index is 409. The highest BCUT2D eigenvalue weighted by molar-refractivity contribution is 5.91. The van der Waals surface area contributed by atoms with Crippen molar-refractivity contribution in [3.05, 3.63) is 11.9 Å². The van der Waals surface area contributed by atoms with Gasteiger partial charge in [-0.05, 0) is 19.3 Å². The van der Waals surface area contributed by atoms with Crippen molar-refractivity contribution >= 4 is 5.91 Å². The quantitative estimate of drug-likeness (QED) is 0.787. The lowest BCUT2D eigenvalue weighted by atomic mass is 9.78. The molecule has 1 aromatic heterocycles. The fourth-order valence-corrected chi connectivity index (χ4v) is 2.58. The van der Waals surface area contributed by atoms with Crippen molar-refractivity contribution in [2.75, 3.05) is 33.4 Å². The van der Waals surface area contributed by atoms with Gasteiger partial charge in [-0.15, -0.1) is 0 Å². The molecule has 1 aliphatic heterocycles. The molecule has 0 aliphatic carbocycles. The smallest absolute Gasteiger partial charge is 0.276 e. The molecule has 0 spiro atoms. The minimum Gasteiger partial charge on any atom is -0.396 e. The highest BCUT2D eigenvalue weighted by atomic mass is 16.5. The fourth-order valence-electron chi connectivity index (χ4n) is 2.58. The average Bonchev–Trinajstić information content (AvgIpc) is 2.99. The number of H-pyrrole nitrogens is 1. The summed E-state index contributed by atoms with van der Waals surface area (Å²) in [5, 5.41) is 19.6. The van der Waals surface area contributed by atoms with Crippen LogP contribution in [0.15, 0.2) is 6.20 Å². The Morgan fingerprint density at radius 3 is 3.16 bits per heavy atom. The van der Waals surface area contributed by atoms with Gasteiger partial charge < -0.3 is 14.7 Å². The van der Waals surface area contributed by atoms with E-state index in [2.05, 4.69) is 15.4 Å². The number of carbonyl (C=O) groups is 1. The third kappa shape index (κ3) is 3.10. The summed E-state index contributed by atoms with van der Waals surface area (Å²) in [7, 11) is 1.65. The molecule has 1 aromatic rings. The zero-order chi connectivity index (χ0) is 13.7. The Labute approximate surface area is 111 Å². The SMILES string of the molecule is COCC[C@@]1(CO)CCCN(C(=O)c2cn[nH]n2)C1. The zero-order valence-electron chi connectivity index (χ0n) is 11.1. The molecule has 106 valence electrons. The maximum Gasteiger partial charge on any atom is 0.276 e. The zero-order valence-corrected chi connectivity index (χ0v) is 11.1. The predicted molar refractivity (Wildman–Crippen MR) is 67.5 cm³/mol. The van der Waals surface area contributed by atoms with Gasteiger partial charge in [-0.1, -0.05) is 0 Å². The van der Waals surface area contributed by atoms with Gasteiger partial charge in [-0.25, -0.2) is 0 Å². The van der Waals surface area contributed by atoms with E-state index in [9.17, 15) is 9.90 Å². The second kappa shape index (κ2) is 6.12. The van der Waals surface area contributed by atoms with Crippen LogP contribution in [0.2, 0.25) is 0 Å². The molecule has 2 N–H and O–H groups in total. The van der Waals surface area contributed by atoms with Crippen LogP contribution in [0.3, 0.4) is 0 Å². The Kier molecular flexibility index (Phi) is 4.49. The minimum atomic E-state index is -0.256. The first-order valence-electron chi connectivity index (χ1n) is 6.46. The molecule has 7 heteroatoms. The number of amides is 1. The summed E-state index contributed by atoms with van der Waals surface area (Å²) in [6, 6.07) is 0. The summed E-state index contributed by atoms with van der Waals surface area (Å²) >= 11 is 0. The van der Waals surface area contributed by atoms with Crippen LogP contribution in [0.4, 0.5) is 0 Å². The number of aromatic amines is 1. The van der Waals surface area contributed by atoms with E-state index in [0.29, 0.717) is 25.4 Å². The lowest BCUT2D eigenvalue weighted by molar-refractivity contribution is 0.00873. The third-order valence-electron chi connectivity index (χ3n) is 3.75. The molecule has 1 atom stereocenters. The van der Waals surface area contributed by atoms with Gasteiger partial charge in [0.1, 0.15) is 0 Å². The molecule has 0 radical (unpaired) electrons. The van der Waals surface area contributed by atoms with Gasteiger partial charge in [-0.3, -0.25) is 4.79 Å². The van der Waals surface area contributed by atoms with Crippen LogP contribution in [-0.2, 0) is 4.74 Å². The monoisotopic (exact) mass is 268 g/mol. The highest BCUT2D eigenvalue weighted by Gasteiger charge is 2.37. The molecule has 7 nitrogen and oxygen atoms in total. The lowest BCUT2D eigenvalue weighted by Crippen LogP contribution is -2.48. The first-order chi connectivity index (χ1) is 9.21. The van der Waals surface area contributed by atoms with Crippen molar-refractivity contribution in [3.63, 3.8) is 0 Å². The Balaban J connectivity index is 2.05. The van der Waals surface area contributed by atoms with E-state index in [4.69, 9.17) is 4.74 Å². The number of piperidine rings is 1. The number of hydrogen-bond donors (Lipinski definition) is 2. The lowest BCUT2D eigenvalue weighted by Gasteiger charge is -2.41. The first-order valence-corrected chi connectivity index (χ1v) is 6.46. The van der Waals surface area contributed by atoms with E-state index in [0.717, 1.165) is 19.3 Å². The molecule has 1 saturated heterocycles. The third-order valence-corrected chi connectivity index (χ3v) is 3.75. The van der Waals surface area contributed by atoms with Gasteiger partial charge >= 0.3 is 0 Å². The maximum absolute atomic E-state index is 12.2. The van der Waals surface area contributed by atoms with E-state index in [1.54, 1.807) is 12.0 Å². The number of likely N-dealkylation sites (tertiary alicyclic amines) is 1. The van der Waals surface area contributed by atoms with Crippen LogP contribution >= 0.6 is 0 Å². The van der Waals surface area contributed by atoms with E-state index in [-0.39, 0.29) is 17.9 Å². The second-order valence-corrected chi connectivity index (χ2v) is 5.09. The highest BCUT2D eigenvalue weighted by Crippen LogP contribution is 2.33. The van der Waals surface area contributed by atoms with Gasteiger partial charge in [0.05, 0.1) is 12.8 Å². The van der Waals surface area contributed by atoms with Gasteiger partial charge in [0.2, 0.25) is 0 Å². The van der Waals surface area contributed by atoms with E-state index < -0.39 is 0 Å². The first kappa shape index (κ1) is 14.0. The number of aliphatic hydroxyl groups is 1. The van der Waals surface area contributed by atoms with Crippen LogP contribution in [0, 0.1) is 5.41 Å². The van der Waals surface area contributed by atoms with Crippen LogP contribution in [0.5, 0.6) is 0 Å². The number of rotatable bonds is 5. The largest absolute Gasteiger partial charge is 0.396 e. The number of ether oxygens (including phenoxy) is 1. The molecule has 1 amide bonds. The van der Waals surface area contributed by atoms with Gasteiger partial charge in [0, 0.05) is 32.2 Å². The van der Waals surface area contributed by atoms with Crippen LogP contribution in [0.1, 0.15) is 29.8 Å². The minimum absolute atomic E-state index is 0.0684. The van der Waals surface area contributed by atoms with Crippen LogP contribution in [0.25, 0.3) is 0 Å². The molecule has 1 fully saturated rings. The van der Waals surface area contributed by atoms with Gasteiger partial charge in [0.25, 0.3) is 5.91 Å². The molecule has 0 aromatic carbocycles. The number of nitrogens with zero attached hydrogens (tertiary/aromatic N) is 3. The van der Waals surface area contributed by atoms with Crippen molar-refractivity contribution in [2.45, 2.75) is 19.3 Å². The maximum atomic E-state index is 12.2. The number of nitrogens with one attached hydrogen (secondary N) is 1. The number of aliphatic hydroxyl groups excluding tert-OH is 1. The van der Waals surface area contributed by atoms with E-state index in [1.165, 1.54) is 6.20 Å². The van der Waals surface area contributed by atoms with Crippen molar-refractivity contribution in [3.8, 4) is 0 Å². The summed E-state index contributed by atoms with van der Waals surface area (Å²) in [5.74, 6) is -0.135. The Hall–Kier alpha value is -1.47. The van der Waals surface area contributed by atoms with Crippen LogP contribution in [-0.4, -0.2) is 64.7 Å².